The lowest BCUT2D eigenvalue weighted by Gasteiger charge is -2.02. The monoisotopic (exact) mass is 373 g/mol. The minimum Gasteiger partial charge on any atom is -0.507 e. The molecule has 0 spiro atoms. The van der Waals surface area contributed by atoms with Crippen LogP contribution >= 0.6 is 12.2 Å². The van der Waals surface area contributed by atoms with Gasteiger partial charge in [-0.3, -0.25) is 14.9 Å². The number of nitro groups is 1. The summed E-state index contributed by atoms with van der Waals surface area (Å²) in [5.74, 6) is -1.63. The third kappa shape index (κ3) is 3.37. The Morgan fingerprint density at radius 3 is 2.65 bits per heavy atom. The van der Waals surface area contributed by atoms with Gasteiger partial charge in [-0.25, -0.2) is 5.43 Å². The SMILES string of the molecule is O=C(N/N=C\c1cc([N+](=O)[O-])c(O)cc1O)c1ccc2[nH]c(=S)[nH]c2c1. The van der Waals surface area contributed by atoms with E-state index in [2.05, 4.69) is 20.5 Å². The highest BCUT2D eigenvalue weighted by Gasteiger charge is 2.16. The van der Waals surface area contributed by atoms with Crippen molar-refractivity contribution in [3.05, 3.63) is 56.3 Å². The molecule has 3 aromatic rings. The van der Waals surface area contributed by atoms with Gasteiger partial charge in [0.2, 0.25) is 0 Å². The normalized spacial score (nSPS) is 11.1. The molecule has 0 aliphatic carbocycles. The van der Waals surface area contributed by atoms with Gasteiger partial charge in [0.25, 0.3) is 5.91 Å². The number of nitrogens with one attached hydrogen (secondary N) is 3. The molecule has 0 aliphatic rings. The third-order valence-electron chi connectivity index (χ3n) is 3.47. The summed E-state index contributed by atoms with van der Waals surface area (Å²) in [4.78, 5) is 27.9. The van der Waals surface area contributed by atoms with E-state index in [1.165, 1.54) is 0 Å². The Labute approximate surface area is 150 Å². The van der Waals surface area contributed by atoms with Gasteiger partial charge in [0, 0.05) is 23.3 Å². The Morgan fingerprint density at radius 1 is 1.19 bits per heavy atom. The molecular formula is C15H11N5O5S. The van der Waals surface area contributed by atoms with E-state index < -0.39 is 28.0 Å². The van der Waals surface area contributed by atoms with Crippen molar-refractivity contribution in [3.8, 4) is 11.5 Å². The highest BCUT2D eigenvalue weighted by Crippen LogP contribution is 2.31. The summed E-state index contributed by atoms with van der Waals surface area (Å²) in [6.45, 7) is 0. The lowest BCUT2D eigenvalue weighted by atomic mass is 10.2. The van der Waals surface area contributed by atoms with Crippen LogP contribution in [0.15, 0.2) is 35.4 Å². The Bertz CT molecular complexity index is 1120. The fourth-order valence-electron chi connectivity index (χ4n) is 2.23. The highest BCUT2D eigenvalue weighted by molar-refractivity contribution is 7.71. The van der Waals surface area contributed by atoms with Crippen LogP contribution in [0.4, 0.5) is 5.69 Å². The molecule has 0 bridgehead atoms. The number of aromatic amines is 2. The lowest BCUT2D eigenvalue weighted by Crippen LogP contribution is -2.17. The highest BCUT2D eigenvalue weighted by atomic mass is 32.1. The van der Waals surface area contributed by atoms with E-state index in [9.17, 15) is 25.1 Å². The van der Waals surface area contributed by atoms with Crippen LogP contribution in [0.1, 0.15) is 15.9 Å². The first-order valence-corrected chi connectivity index (χ1v) is 7.52. The fourth-order valence-corrected chi connectivity index (χ4v) is 2.45. The number of imidazole rings is 1. The average molecular weight is 373 g/mol. The summed E-state index contributed by atoms with van der Waals surface area (Å²) < 4.78 is 0.431. The smallest absolute Gasteiger partial charge is 0.311 e. The van der Waals surface area contributed by atoms with Gasteiger partial charge in [-0.15, -0.1) is 0 Å². The summed E-state index contributed by atoms with van der Waals surface area (Å²) in [7, 11) is 0. The summed E-state index contributed by atoms with van der Waals surface area (Å²) in [5, 5.41) is 33.6. The van der Waals surface area contributed by atoms with Crippen LogP contribution in [-0.2, 0) is 0 Å². The average Bonchev–Trinajstić information content (AvgIpc) is 2.95. The number of benzene rings is 2. The van der Waals surface area contributed by atoms with Crippen LogP contribution in [0.25, 0.3) is 11.0 Å². The predicted octanol–water partition coefficient (Wildman–Crippen LogP) is 2.31. The van der Waals surface area contributed by atoms with Gasteiger partial charge in [-0.2, -0.15) is 5.10 Å². The minimum absolute atomic E-state index is 0.0417. The second-order valence-corrected chi connectivity index (χ2v) is 5.60. The molecule has 1 heterocycles. The molecule has 132 valence electrons. The maximum Gasteiger partial charge on any atom is 0.311 e. The van der Waals surface area contributed by atoms with E-state index in [4.69, 9.17) is 12.2 Å². The number of aromatic hydroxyl groups is 2. The number of hydrazone groups is 1. The van der Waals surface area contributed by atoms with E-state index >= 15 is 0 Å². The first-order valence-electron chi connectivity index (χ1n) is 7.11. The van der Waals surface area contributed by atoms with Gasteiger partial charge in [-0.1, -0.05) is 0 Å². The molecule has 0 fully saturated rings. The summed E-state index contributed by atoms with van der Waals surface area (Å²) >= 11 is 4.97. The Balaban J connectivity index is 1.79. The van der Waals surface area contributed by atoms with Gasteiger partial charge in [0.15, 0.2) is 10.5 Å². The second kappa shape index (κ2) is 6.64. The molecule has 5 N–H and O–H groups in total. The molecule has 11 heteroatoms. The van der Waals surface area contributed by atoms with Crippen molar-refractivity contribution in [3.63, 3.8) is 0 Å². The number of aromatic nitrogens is 2. The maximum atomic E-state index is 12.1. The topological polar surface area (TPSA) is 157 Å². The number of nitrogens with zero attached hydrogens (tertiary/aromatic N) is 2. The lowest BCUT2D eigenvalue weighted by molar-refractivity contribution is -0.385. The van der Waals surface area contributed by atoms with Crippen molar-refractivity contribution in [2.45, 2.75) is 0 Å². The van der Waals surface area contributed by atoms with E-state index in [0.29, 0.717) is 15.9 Å². The zero-order valence-electron chi connectivity index (χ0n) is 12.9. The largest absolute Gasteiger partial charge is 0.507 e. The van der Waals surface area contributed by atoms with E-state index in [-0.39, 0.29) is 5.56 Å². The number of hydrogen-bond acceptors (Lipinski definition) is 7. The molecule has 0 aliphatic heterocycles. The number of nitro benzene ring substituents is 1. The number of phenols is 2. The quantitative estimate of drug-likeness (QED) is 0.204. The van der Waals surface area contributed by atoms with Crippen LogP contribution in [0.5, 0.6) is 11.5 Å². The van der Waals surface area contributed by atoms with Crippen LogP contribution in [0.3, 0.4) is 0 Å². The number of hydrogen-bond donors (Lipinski definition) is 5. The van der Waals surface area contributed by atoms with Gasteiger partial charge in [-0.05, 0) is 30.4 Å². The van der Waals surface area contributed by atoms with Crippen LogP contribution < -0.4 is 5.43 Å². The number of carbonyl (C=O) groups is 1. The zero-order valence-corrected chi connectivity index (χ0v) is 13.7. The van der Waals surface area contributed by atoms with Gasteiger partial charge < -0.3 is 20.2 Å². The summed E-state index contributed by atoms with van der Waals surface area (Å²) in [5.41, 5.74) is 3.32. The van der Waals surface area contributed by atoms with Crippen molar-refractivity contribution in [1.29, 1.82) is 0 Å². The molecule has 2 aromatic carbocycles. The van der Waals surface area contributed by atoms with E-state index in [1.54, 1.807) is 18.2 Å². The summed E-state index contributed by atoms with van der Waals surface area (Å²) in [6.07, 6.45) is 1.03. The molecule has 10 nitrogen and oxygen atoms in total. The molecule has 0 radical (unpaired) electrons. The molecule has 26 heavy (non-hydrogen) atoms. The molecule has 0 unspecified atom stereocenters. The first kappa shape index (κ1) is 17.1. The Morgan fingerprint density at radius 2 is 1.92 bits per heavy atom. The number of carbonyl (C=O) groups excluding carboxylic acids is 1. The predicted molar refractivity (Wildman–Crippen MR) is 95.0 cm³/mol. The molecule has 0 saturated heterocycles. The first-order chi connectivity index (χ1) is 12.3. The van der Waals surface area contributed by atoms with Crippen LogP contribution in [0, 0.1) is 14.9 Å². The van der Waals surface area contributed by atoms with E-state index in [0.717, 1.165) is 23.9 Å². The van der Waals surface area contributed by atoms with Gasteiger partial charge in [0.05, 0.1) is 22.2 Å². The fraction of sp³-hybridized carbons (Fsp3) is 0. The Kier molecular flexibility index (Phi) is 4.37. The second-order valence-electron chi connectivity index (χ2n) is 5.20. The maximum absolute atomic E-state index is 12.1. The number of fused-ring (bicyclic) bond motifs is 1. The molecule has 0 saturated carbocycles. The molecule has 1 aromatic heterocycles. The van der Waals surface area contributed by atoms with Crippen molar-refractivity contribution >= 4 is 41.1 Å². The third-order valence-corrected chi connectivity index (χ3v) is 3.67. The van der Waals surface area contributed by atoms with E-state index in [1.807, 2.05) is 0 Å². The molecule has 3 rings (SSSR count). The van der Waals surface area contributed by atoms with Crippen LogP contribution in [-0.4, -0.2) is 37.2 Å². The van der Waals surface area contributed by atoms with Crippen molar-refractivity contribution in [1.82, 2.24) is 15.4 Å². The van der Waals surface area contributed by atoms with Crippen LogP contribution in [0.2, 0.25) is 0 Å². The molecule has 0 atom stereocenters. The van der Waals surface area contributed by atoms with Gasteiger partial charge in [0.1, 0.15) is 5.75 Å². The Hall–Kier alpha value is -3.73. The van der Waals surface area contributed by atoms with Crippen molar-refractivity contribution < 1.29 is 19.9 Å². The molecular weight excluding hydrogens is 362 g/mol. The molecule has 1 amide bonds. The number of amides is 1. The zero-order chi connectivity index (χ0) is 18.8. The van der Waals surface area contributed by atoms with Gasteiger partial charge >= 0.3 is 5.69 Å². The standard InChI is InChI=1S/C15H11N5O5S/c21-12-5-13(22)11(20(24)25)4-8(12)6-16-19-14(23)7-1-2-9-10(3-7)18-15(26)17-9/h1-6,21-22H,(H,19,23)(H2,17,18,26)/b16-6-. The van der Waals surface area contributed by atoms with Crippen molar-refractivity contribution in [2.75, 3.05) is 0 Å². The number of phenolic OH excluding ortho intramolecular Hbond substituents is 2. The number of H-pyrrole nitrogens is 2. The number of rotatable bonds is 4. The van der Waals surface area contributed by atoms with Crippen molar-refractivity contribution in [2.24, 2.45) is 5.10 Å². The minimum atomic E-state index is -0.805. The summed E-state index contributed by atoms with van der Waals surface area (Å²) in [6, 6.07) is 6.58.